The van der Waals surface area contributed by atoms with Gasteiger partial charge in [0.2, 0.25) is 5.09 Å². The van der Waals surface area contributed by atoms with Crippen LogP contribution in [-0.2, 0) is 16.6 Å². The highest BCUT2D eigenvalue weighted by atomic mass is 32.2. The molecule has 1 N–H and O–H groups in total. The number of sulfonamides is 1. The van der Waals surface area contributed by atoms with Crippen LogP contribution >= 0.6 is 0 Å². The minimum absolute atomic E-state index is 0.0337. The van der Waals surface area contributed by atoms with E-state index in [1.165, 1.54) is 10.4 Å². The third-order valence-corrected chi connectivity index (χ3v) is 4.69. The summed E-state index contributed by atoms with van der Waals surface area (Å²) in [6.45, 7) is 1.06. The Balaban J connectivity index is 2.19. The van der Waals surface area contributed by atoms with Crippen LogP contribution in [0, 0.1) is 18.3 Å². The van der Waals surface area contributed by atoms with E-state index in [2.05, 4.69) is 11.2 Å². The Kier molecular flexibility index (Phi) is 4.30. The maximum Gasteiger partial charge on any atom is 0.277 e. The average Bonchev–Trinajstić information content (AvgIpc) is 3.05. The first-order chi connectivity index (χ1) is 9.07. The van der Waals surface area contributed by atoms with Crippen molar-refractivity contribution < 1.29 is 12.8 Å². The lowest BCUT2D eigenvalue weighted by atomic mass is 10.4. The molecule has 1 aromatic heterocycles. The molecule has 0 bridgehead atoms. The molecule has 0 aromatic carbocycles. The number of hydrogen-bond acceptors (Lipinski definition) is 4. The molecular formula is C13H18N2O3S. The summed E-state index contributed by atoms with van der Waals surface area (Å²) < 4.78 is 31.5. The number of nitrogens with one attached hydrogen (secondary N) is 1. The predicted molar refractivity (Wildman–Crippen MR) is 71.8 cm³/mol. The molecule has 1 aliphatic rings. The summed E-state index contributed by atoms with van der Waals surface area (Å²) >= 11 is 0. The Bertz CT molecular complexity index is 567. The Morgan fingerprint density at radius 2 is 2.26 bits per heavy atom. The van der Waals surface area contributed by atoms with Crippen molar-refractivity contribution >= 4 is 10.0 Å². The number of nitrogens with zero attached hydrogens (tertiary/aromatic N) is 1. The van der Waals surface area contributed by atoms with Crippen molar-refractivity contribution in [2.75, 3.05) is 20.1 Å². The number of terminal acetylenes is 1. The SMILES string of the molecule is C#CCN(CC1CC1)S(=O)(=O)c1ccc(CNC)o1. The van der Waals surface area contributed by atoms with E-state index >= 15 is 0 Å². The predicted octanol–water partition coefficient (Wildman–Crippen LogP) is 1.03. The first-order valence-corrected chi connectivity index (χ1v) is 7.69. The van der Waals surface area contributed by atoms with Crippen LogP contribution in [0.3, 0.4) is 0 Å². The molecule has 0 spiro atoms. The van der Waals surface area contributed by atoms with Gasteiger partial charge in [-0.05, 0) is 37.9 Å². The molecule has 0 saturated heterocycles. The molecule has 1 saturated carbocycles. The van der Waals surface area contributed by atoms with Crippen LogP contribution < -0.4 is 5.32 Å². The Morgan fingerprint density at radius 3 is 2.84 bits per heavy atom. The summed E-state index contributed by atoms with van der Waals surface area (Å²) in [7, 11) is -1.85. The third-order valence-electron chi connectivity index (χ3n) is 3.01. The van der Waals surface area contributed by atoms with E-state index in [4.69, 9.17) is 10.8 Å². The van der Waals surface area contributed by atoms with E-state index in [0.29, 0.717) is 24.8 Å². The number of rotatable bonds is 7. The van der Waals surface area contributed by atoms with Gasteiger partial charge in [-0.2, -0.15) is 4.31 Å². The minimum atomic E-state index is -3.62. The van der Waals surface area contributed by atoms with E-state index in [9.17, 15) is 8.42 Å². The molecule has 2 rings (SSSR count). The summed E-state index contributed by atoms with van der Waals surface area (Å²) in [6, 6.07) is 3.15. The lowest BCUT2D eigenvalue weighted by molar-refractivity contribution is 0.372. The Morgan fingerprint density at radius 1 is 1.53 bits per heavy atom. The van der Waals surface area contributed by atoms with Gasteiger partial charge in [-0.1, -0.05) is 5.92 Å². The van der Waals surface area contributed by atoms with Gasteiger partial charge in [0.15, 0.2) is 0 Å². The summed E-state index contributed by atoms with van der Waals surface area (Å²) in [5.74, 6) is 3.43. The van der Waals surface area contributed by atoms with Gasteiger partial charge in [0.25, 0.3) is 10.0 Å². The zero-order valence-corrected chi connectivity index (χ0v) is 11.7. The van der Waals surface area contributed by atoms with Crippen LogP contribution in [0.1, 0.15) is 18.6 Å². The van der Waals surface area contributed by atoms with Crippen LogP contribution in [0.15, 0.2) is 21.6 Å². The average molecular weight is 282 g/mol. The second-order valence-electron chi connectivity index (χ2n) is 4.70. The maximum absolute atomic E-state index is 12.4. The summed E-state index contributed by atoms with van der Waals surface area (Å²) in [5.41, 5.74) is 0. The van der Waals surface area contributed by atoms with Gasteiger partial charge in [0, 0.05) is 6.54 Å². The monoisotopic (exact) mass is 282 g/mol. The lowest BCUT2D eigenvalue weighted by Gasteiger charge is -2.17. The van der Waals surface area contributed by atoms with Crippen LogP contribution in [0.25, 0.3) is 0 Å². The molecular weight excluding hydrogens is 264 g/mol. The highest BCUT2D eigenvalue weighted by Crippen LogP contribution is 2.31. The summed E-state index contributed by atoms with van der Waals surface area (Å²) in [4.78, 5) is 0. The van der Waals surface area contributed by atoms with Gasteiger partial charge in [-0.15, -0.1) is 6.42 Å². The Hall–Kier alpha value is -1.29. The molecule has 19 heavy (non-hydrogen) atoms. The van der Waals surface area contributed by atoms with Crippen molar-refractivity contribution in [3.8, 4) is 12.3 Å². The van der Waals surface area contributed by atoms with Crippen molar-refractivity contribution in [1.82, 2.24) is 9.62 Å². The van der Waals surface area contributed by atoms with Crippen LogP contribution in [0.2, 0.25) is 0 Å². The van der Waals surface area contributed by atoms with Gasteiger partial charge in [-0.25, -0.2) is 8.42 Å². The van der Waals surface area contributed by atoms with Gasteiger partial charge in [-0.3, -0.25) is 0 Å². The molecule has 5 nitrogen and oxygen atoms in total. The van der Waals surface area contributed by atoms with E-state index in [1.54, 1.807) is 13.1 Å². The molecule has 1 aliphatic carbocycles. The standard InChI is InChI=1S/C13H18N2O3S/c1-3-8-15(10-11-4-5-11)19(16,17)13-7-6-12(18-13)9-14-2/h1,6-7,11,14H,4-5,8-10H2,2H3. The molecule has 104 valence electrons. The first-order valence-electron chi connectivity index (χ1n) is 6.25. The molecule has 1 fully saturated rings. The normalized spacial score (nSPS) is 15.6. The molecule has 0 atom stereocenters. The van der Waals surface area contributed by atoms with Crippen molar-refractivity contribution in [3.05, 3.63) is 17.9 Å². The maximum atomic E-state index is 12.4. The lowest BCUT2D eigenvalue weighted by Crippen LogP contribution is -2.33. The van der Waals surface area contributed by atoms with Crippen LogP contribution in [0.5, 0.6) is 0 Å². The number of furan rings is 1. The largest absolute Gasteiger partial charge is 0.447 e. The molecule has 1 aromatic rings. The fraction of sp³-hybridized carbons (Fsp3) is 0.538. The van der Waals surface area contributed by atoms with Crippen molar-refractivity contribution in [3.63, 3.8) is 0 Å². The van der Waals surface area contributed by atoms with E-state index in [-0.39, 0.29) is 11.6 Å². The first kappa shape index (κ1) is 14.1. The molecule has 6 heteroatoms. The quantitative estimate of drug-likeness (QED) is 0.759. The molecule has 0 unspecified atom stereocenters. The fourth-order valence-corrected chi connectivity index (χ4v) is 3.19. The minimum Gasteiger partial charge on any atom is -0.447 e. The van der Waals surface area contributed by atoms with E-state index in [0.717, 1.165) is 12.8 Å². The van der Waals surface area contributed by atoms with Gasteiger partial charge in [0.1, 0.15) is 5.76 Å². The topological polar surface area (TPSA) is 62.6 Å². The van der Waals surface area contributed by atoms with Gasteiger partial charge in [0.05, 0.1) is 13.1 Å². The highest BCUT2D eigenvalue weighted by Gasteiger charge is 2.33. The Labute approximate surface area is 114 Å². The van der Waals surface area contributed by atoms with Crippen LogP contribution in [0.4, 0.5) is 0 Å². The number of hydrogen-bond donors (Lipinski definition) is 1. The van der Waals surface area contributed by atoms with Gasteiger partial charge < -0.3 is 9.73 Å². The van der Waals surface area contributed by atoms with Crippen molar-refractivity contribution in [1.29, 1.82) is 0 Å². The van der Waals surface area contributed by atoms with E-state index in [1.807, 2.05) is 0 Å². The van der Waals surface area contributed by atoms with Crippen molar-refractivity contribution in [2.24, 2.45) is 5.92 Å². The molecule has 0 aliphatic heterocycles. The second-order valence-corrected chi connectivity index (χ2v) is 6.57. The summed E-state index contributed by atoms with van der Waals surface area (Å²) in [5, 5.41) is 2.88. The fourth-order valence-electron chi connectivity index (χ4n) is 1.83. The zero-order chi connectivity index (χ0) is 13.9. The molecule has 1 heterocycles. The smallest absolute Gasteiger partial charge is 0.277 e. The second kappa shape index (κ2) is 5.78. The van der Waals surface area contributed by atoms with Crippen molar-refractivity contribution in [2.45, 2.75) is 24.5 Å². The zero-order valence-electron chi connectivity index (χ0n) is 10.9. The van der Waals surface area contributed by atoms with E-state index < -0.39 is 10.0 Å². The summed E-state index contributed by atoms with van der Waals surface area (Å²) in [6.07, 6.45) is 7.39. The molecule has 0 amide bonds. The molecule has 0 radical (unpaired) electrons. The third kappa shape index (κ3) is 3.38. The van der Waals surface area contributed by atoms with Gasteiger partial charge >= 0.3 is 0 Å². The highest BCUT2D eigenvalue weighted by molar-refractivity contribution is 7.89. The van der Waals surface area contributed by atoms with Crippen LogP contribution in [-0.4, -0.2) is 32.9 Å².